The lowest BCUT2D eigenvalue weighted by atomic mass is 10.2. The molecule has 0 spiro atoms. The monoisotopic (exact) mass is 420 g/mol. The largest absolute Gasteiger partial charge is 0.325 e. The zero-order chi connectivity index (χ0) is 19.6. The lowest BCUT2D eigenvalue weighted by Gasteiger charge is -2.12. The summed E-state index contributed by atoms with van der Waals surface area (Å²) in [5.41, 5.74) is 2.16. The van der Waals surface area contributed by atoms with Gasteiger partial charge in [0.2, 0.25) is 5.91 Å². The van der Waals surface area contributed by atoms with Gasteiger partial charge in [-0.1, -0.05) is 41.4 Å². The fourth-order valence-corrected chi connectivity index (χ4v) is 3.76. The standard InChI is InChI=1S/C19H14Cl2N2O3S/c1-11-3-2-4-14(7-11)22-17(24)10-23-18(25)16(27-19(23)26)8-12-5-6-13(20)9-15(12)21/h2-9H,10H2,1H3,(H,22,24)/b16-8+. The molecule has 0 aromatic heterocycles. The van der Waals surface area contributed by atoms with Crippen LogP contribution in [0.4, 0.5) is 10.5 Å². The van der Waals surface area contributed by atoms with Crippen molar-refractivity contribution in [1.82, 2.24) is 4.90 Å². The molecule has 8 heteroatoms. The van der Waals surface area contributed by atoms with E-state index in [9.17, 15) is 14.4 Å². The molecule has 0 radical (unpaired) electrons. The van der Waals surface area contributed by atoms with Gasteiger partial charge in [-0.05, 0) is 60.2 Å². The van der Waals surface area contributed by atoms with Gasteiger partial charge in [0.25, 0.3) is 11.1 Å². The number of thioether (sulfide) groups is 1. The van der Waals surface area contributed by atoms with Crippen LogP contribution < -0.4 is 5.32 Å². The van der Waals surface area contributed by atoms with E-state index in [0.29, 0.717) is 21.3 Å². The average Bonchev–Trinajstić information content (AvgIpc) is 2.85. The molecule has 0 atom stereocenters. The molecule has 5 nitrogen and oxygen atoms in total. The van der Waals surface area contributed by atoms with Gasteiger partial charge in [-0.25, -0.2) is 0 Å². The van der Waals surface area contributed by atoms with Crippen molar-refractivity contribution in [1.29, 1.82) is 0 Å². The minimum absolute atomic E-state index is 0.201. The molecule has 1 N–H and O–H groups in total. The van der Waals surface area contributed by atoms with Gasteiger partial charge in [0.15, 0.2) is 0 Å². The zero-order valence-corrected chi connectivity index (χ0v) is 16.5. The minimum Gasteiger partial charge on any atom is -0.325 e. The summed E-state index contributed by atoms with van der Waals surface area (Å²) in [6.07, 6.45) is 1.52. The van der Waals surface area contributed by atoms with Gasteiger partial charge in [0.05, 0.1) is 4.91 Å². The summed E-state index contributed by atoms with van der Waals surface area (Å²) in [7, 11) is 0. The van der Waals surface area contributed by atoms with E-state index in [1.165, 1.54) is 6.08 Å². The molecule has 1 aliphatic heterocycles. The molecule has 2 aromatic carbocycles. The number of halogens is 2. The lowest BCUT2D eigenvalue weighted by Crippen LogP contribution is -2.36. The second-order valence-electron chi connectivity index (χ2n) is 5.85. The van der Waals surface area contributed by atoms with E-state index in [-0.39, 0.29) is 11.4 Å². The molecule has 3 rings (SSSR count). The number of rotatable bonds is 4. The van der Waals surface area contributed by atoms with Crippen molar-refractivity contribution in [3.63, 3.8) is 0 Å². The Labute approximate surface area is 170 Å². The molecule has 3 amide bonds. The Kier molecular flexibility index (Phi) is 5.89. The molecule has 1 saturated heterocycles. The molecule has 0 unspecified atom stereocenters. The molecule has 138 valence electrons. The lowest BCUT2D eigenvalue weighted by molar-refractivity contribution is -0.127. The van der Waals surface area contributed by atoms with Crippen molar-refractivity contribution in [2.75, 3.05) is 11.9 Å². The van der Waals surface area contributed by atoms with E-state index < -0.39 is 17.1 Å². The summed E-state index contributed by atoms with van der Waals surface area (Å²) >= 11 is 12.7. The van der Waals surface area contributed by atoms with Crippen molar-refractivity contribution in [3.8, 4) is 0 Å². The normalized spacial score (nSPS) is 15.5. The first-order valence-electron chi connectivity index (χ1n) is 7.90. The molecule has 0 aliphatic carbocycles. The number of benzene rings is 2. The number of hydrogen-bond acceptors (Lipinski definition) is 4. The number of carbonyl (C=O) groups is 3. The number of imide groups is 1. The molecular formula is C19H14Cl2N2O3S. The fourth-order valence-electron chi connectivity index (χ4n) is 2.46. The number of amides is 3. The minimum atomic E-state index is -0.532. The Bertz CT molecular complexity index is 975. The Morgan fingerprint density at radius 3 is 2.67 bits per heavy atom. The van der Waals surface area contributed by atoms with Crippen LogP contribution in [0, 0.1) is 6.92 Å². The third-order valence-electron chi connectivity index (χ3n) is 3.73. The van der Waals surface area contributed by atoms with E-state index >= 15 is 0 Å². The van der Waals surface area contributed by atoms with Gasteiger partial charge < -0.3 is 5.32 Å². The van der Waals surface area contributed by atoms with Crippen molar-refractivity contribution >= 4 is 63.8 Å². The van der Waals surface area contributed by atoms with Gasteiger partial charge in [0.1, 0.15) is 6.54 Å². The van der Waals surface area contributed by atoms with Crippen LogP contribution in [0.2, 0.25) is 10.0 Å². The second kappa shape index (κ2) is 8.17. The van der Waals surface area contributed by atoms with E-state index in [2.05, 4.69) is 5.32 Å². The maximum atomic E-state index is 12.5. The third kappa shape index (κ3) is 4.71. The number of hydrogen-bond donors (Lipinski definition) is 1. The highest BCUT2D eigenvalue weighted by atomic mass is 35.5. The van der Waals surface area contributed by atoms with Crippen LogP contribution in [-0.4, -0.2) is 28.5 Å². The van der Waals surface area contributed by atoms with Crippen LogP contribution in [0.1, 0.15) is 11.1 Å². The number of nitrogens with one attached hydrogen (secondary N) is 1. The Hall–Kier alpha value is -2.28. The smallest absolute Gasteiger partial charge is 0.294 e. The van der Waals surface area contributed by atoms with Crippen LogP contribution in [0.25, 0.3) is 6.08 Å². The van der Waals surface area contributed by atoms with Crippen molar-refractivity contribution in [2.45, 2.75) is 6.92 Å². The molecule has 27 heavy (non-hydrogen) atoms. The first-order chi connectivity index (χ1) is 12.8. The maximum Gasteiger partial charge on any atom is 0.294 e. The van der Waals surface area contributed by atoms with E-state index in [1.54, 1.807) is 30.3 Å². The Balaban J connectivity index is 1.72. The van der Waals surface area contributed by atoms with Crippen LogP contribution in [-0.2, 0) is 9.59 Å². The van der Waals surface area contributed by atoms with Crippen LogP contribution >= 0.6 is 35.0 Å². The summed E-state index contributed by atoms with van der Waals surface area (Å²) in [6, 6.07) is 12.1. The summed E-state index contributed by atoms with van der Waals surface area (Å²) in [6.45, 7) is 1.54. The van der Waals surface area contributed by atoms with Crippen molar-refractivity contribution < 1.29 is 14.4 Å². The summed E-state index contributed by atoms with van der Waals surface area (Å²) in [5.74, 6) is -0.982. The highest BCUT2D eigenvalue weighted by Gasteiger charge is 2.36. The van der Waals surface area contributed by atoms with Gasteiger partial charge in [-0.2, -0.15) is 0 Å². The average molecular weight is 421 g/mol. The molecule has 1 heterocycles. The van der Waals surface area contributed by atoms with E-state index in [0.717, 1.165) is 22.2 Å². The molecular weight excluding hydrogens is 407 g/mol. The third-order valence-corrected chi connectivity index (χ3v) is 5.20. The van der Waals surface area contributed by atoms with Gasteiger partial charge >= 0.3 is 0 Å². The summed E-state index contributed by atoms with van der Waals surface area (Å²) in [5, 5.41) is 3.01. The predicted octanol–water partition coefficient (Wildman–Crippen LogP) is 4.98. The highest BCUT2D eigenvalue weighted by Crippen LogP contribution is 2.33. The molecule has 2 aromatic rings. The van der Waals surface area contributed by atoms with Gasteiger partial charge in [-0.3, -0.25) is 19.3 Å². The Morgan fingerprint density at radius 2 is 1.96 bits per heavy atom. The van der Waals surface area contributed by atoms with Crippen LogP contribution in [0.15, 0.2) is 47.4 Å². The van der Waals surface area contributed by atoms with Crippen LogP contribution in [0.3, 0.4) is 0 Å². The first kappa shape index (κ1) is 19.5. The maximum absolute atomic E-state index is 12.5. The topological polar surface area (TPSA) is 66.5 Å². The molecule has 1 aliphatic rings. The van der Waals surface area contributed by atoms with Crippen LogP contribution in [0.5, 0.6) is 0 Å². The number of carbonyl (C=O) groups excluding carboxylic acids is 3. The van der Waals surface area contributed by atoms with Crippen molar-refractivity contribution in [2.24, 2.45) is 0 Å². The van der Waals surface area contributed by atoms with Crippen molar-refractivity contribution in [3.05, 3.63) is 68.5 Å². The summed E-state index contributed by atoms with van der Waals surface area (Å²) in [4.78, 5) is 38.0. The van der Waals surface area contributed by atoms with Gasteiger partial charge in [0, 0.05) is 15.7 Å². The zero-order valence-electron chi connectivity index (χ0n) is 14.2. The first-order valence-corrected chi connectivity index (χ1v) is 9.47. The fraction of sp³-hybridized carbons (Fsp3) is 0.105. The van der Waals surface area contributed by atoms with E-state index in [1.807, 2.05) is 19.1 Å². The number of nitrogens with zero attached hydrogens (tertiary/aromatic N) is 1. The quantitative estimate of drug-likeness (QED) is 0.708. The molecule has 0 bridgehead atoms. The summed E-state index contributed by atoms with van der Waals surface area (Å²) < 4.78 is 0. The number of aryl methyl sites for hydroxylation is 1. The highest BCUT2D eigenvalue weighted by molar-refractivity contribution is 8.18. The SMILES string of the molecule is Cc1cccc(NC(=O)CN2C(=O)S/C(=C/c3ccc(Cl)cc3Cl)C2=O)c1. The Morgan fingerprint density at radius 1 is 1.19 bits per heavy atom. The van der Waals surface area contributed by atoms with Gasteiger partial charge in [-0.15, -0.1) is 0 Å². The predicted molar refractivity (Wildman–Crippen MR) is 109 cm³/mol. The van der Waals surface area contributed by atoms with E-state index in [4.69, 9.17) is 23.2 Å². The molecule has 1 fully saturated rings. The molecule has 0 saturated carbocycles. The number of anilines is 1. The second-order valence-corrected chi connectivity index (χ2v) is 7.69.